The van der Waals surface area contributed by atoms with Crippen LogP contribution in [-0.4, -0.2) is 0 Å². The van der Waals surface area contributed by atoms with Crippen LogP contribution in [0.4, 0.5) is 0 Å². The third-order valence-corrected chi connectivity index (χ3v) is 5.24. The number of allylic oxidation sites excluding steroid dienone is 2. The number of hydrogen-bond acceptors (Lipinski definition) is 0. The van der Waals surface area contributed by atoms with Crippen LogP contribution < -0.4 is 0 Å². The average molecular weight is 260 g/mol. The van der Waals surface area contributed by atoms with Crippen LogP contribution in [0.3, 0.4) is 0 Å². The van der Waals surface area contributed by atoms with E-state index in [4.69, 9.17) is 0 Å². The van der Waals surface area contributed by atoms with Crippen molar-refractivity contribution in [1.82, 2.24) is 0 Å². The molecule has 0 unspecified atom stereocenters. The molecule has 2 saturated carbocycles. The van der Waals surface area contributed by atoms with Crippen LogP contribution in [-0.2, 0) is 0 Å². The van der Waals surface area contributed by atoms with E-state index in [9.17, 15) is 0 Å². The second-order valence-electron chi connectivity index (χ2n) is 6.63. The monoisotopic (exact) mass is 260 g/mol. The standard InChI is InChI=1S/C19H32/c1-3-5-7-17-10-14-19(15-11-17)18-12-8-16(6-4-2)9-13-18/h5,7,16,19H,3-4,6,8-15H2,1-2H3/b7-5+. The molecule has 0 atom stereocenters. The molecule has 0 spiro atoms. The molecule has 2 fully saturated rings. The Morgan fingerprint density at radius 3 is 2.21 bits per heavy atom. The molecule has 2 aliphatic carbocycles. The van der Waals surface area contributed by atoms with Gasteiger partial charge in [0.25, 0.3) is 0 Å². The van der Waals surface area contributed by atoms with Gasteiger partial charge in [0.15, 0.2) is 0 Å². The van der Waals surface area contributed by atoms with Crippen molar-refractivity contribution < 1.29 is 0 Å². The summed E-state index contributed by atoms with van der Waals surface area (Å²) in [6.45, 7) is 4.56. The Morgan fingerprint density at radius 2 is 1.63 bits per heavy atom. The molecule has 0 N–H and O–H groups in total. The van der Waals surface area contributed by atoms with Crippen LogP contribution in [0.25, 0.3) is 0 Å². The third kappa shape index (κ3) is 4.65. The van der Waals surface area contributed by atoms with Crippen LogP contribution in [0, 0.1) is 23.7 Å². The van der Waals surface area contributed by atoms with E-state index in [0.29, 0.717) is 0 Å². The average Bonchev–Trinajstić information content (AvgIpc) is 2.47. The van der Waals surface area contributed by atoms with Crippen molar-refractivity contribution in [2.24, 2.45) is 11.8 Å². The van der Waals surface area contributed by atoms with Gasteiger partial charge in [-0.1, -0.05) is 38.8 Å². The summed E-state index contributed by atoms with van der Waals surface area (Å²) in [4.78, 5) is 0. The molecule has 2 aliphatic rings. The molecule has 0 aromatic carbocycles. The fourth-order valence-corrected chi connectivity index (χ4v) is 4.00. The minimum atomic E-state index is 0.973. The molecule has 0 saturated heterocycles. The lowest BCUT2D eigenvalue weighted by Crippen LogP contribution is -2.23. The summed E-state index contributed by atoms with van der Waals surface area (Å²) in [5.41, 5.74) is 0. The Balaban J connectivity index is 1.69. The van der Waals surface area contributed by atoms with Gasteiger partial charge in [0.2, 0.25) is 0 Å². The second kappa shape index (κ2) is 8.12. The van der Waals surface area contributed by atoms with Gasteiger partial charge < -0.3 is 0 Å². The van der Waals surface area contributed by atoms with E-state index >= 15 is 0 Å². The third-order valence-electron chi connectivity index (χ3n) is 5.24. The van der Waals surface area contributed by atoms with Gasteiger partial charge in [-0.3, -0.25) is 0 Å². The minimum absolute atomic E-state index is 0.973. The van der Waals surface area contributed by atoms with Crippen LogP contribution in [0.1, 0.15) is 84.5 Å². The van der Waals surface area contributed by atoms with Gasteiger partial charge in [-0.2, -0.15) is 0 Å². The quantitative estimate of drug-likeness (QED) is 0.545. The lowest BCUT2D eigenvalue weighted by atomic mass is 9.68. The highest BCUT2D eigenvalue weighted by Crippen LogP contribution is 2.44. The Labute approximate surface area is 121 Å². The zero-order valence-corrected chi connectivity index (χ0v) is 13.1. The maximum atomic E-state index is 2.40. The van der Waals surface area contributed by atoms with E-state index < -0.39 is 0 Å². The van der Waals surface area contributed by atoms with E-state index in [1.807, 2.05) is 5.92 Å². The molecule has 0 nitrogen and oxygen atoms in total. The topological polar surface area (TPSA) is 0 Å². The Hall–Kier alpha value is -0.260. The van der Waals surface area contributed by atoms with Gasteiger partial charge in [0.1, 0.15) is 0 Å². The SMILES string of the molecule is CC/C=C/[C]1CCC([C]2CCC(CCC)CC2)CC1. The highest BCUT2D eigenvalue weighted by atomic mass is 14.3. The van der Waals surface area contributed by atoms with Gasteiger partial charge in [0.05, 0.1) is 0 Å². The molecule has 2 radical (unpaired) electrons. The Morgan fingerprint density at radius 1 is 0.947 bits per heavy atom. The molecule has 0 bridgehead atoms. The fourth-order valence-electron chi connectivity index (χ4n) is 4.00. The summed E-state index contributed by atoms with van der Waals surface area (Å²) in [6, 6.07) is 0. The summed E-state index contributed by atoms with van der Waals surface area (Å²) >= 11 is 0. The highest BCUT2D eigenvalue weighted by Gasteiger charge is 2.30. The van der Waals surface area contributed by atoms with Crippen LogP contribution >= 0.6 is 0 Å². The Bertz CT molecular complexity index is 249. The molecule has 19 heavy (non-hydrogen) atoms. The van der Waals surface area contributed by atoms with E-state index in [1.165, 1.54) is 70.6 Å². The number of rotatable bonds is 5. The summed E-state index contributed by atoms with van der Waals surface area (Å²) in [5, 5.41) is 0. The van der Waals surface area contributed by atoms with Crippen LogP contribution in [0.5, 0.6) is 0 Å². The van der Waals surface area contributed by atoms with E-state index in [1.54, 1.807) is 5.92 Å². The van der Waals surface area contributed by atoms with Crippen molar-refractivity contribution in [2.45, 2.75) is 84.5 Å². The lowest BCUT2D eigenvalue weighted by molar-refractivity contribution is 0.287. The van der Waals surface area contributed by atoms with E-state index in [-0.39, 0.29) is 0 Å². The van der Waals surface area contributed by atoms with Gasteiger partial charge in [-0.15, -0.1) is 0 Å². The van der Waals surface area contributed by atoms with Crippen molar-refractivity contribution in [2.75, 3.05) is 0 Å². The molecular weight excluding hydrogens is 228 g/mol. The maximum Gasteiger partial charge on any atom is -0.00271 e. The first kappa shape index (κ1) is 15.1. The number of hydrogen-bond donors (Lipinski definition) is 0. The van der Waals surface area contributed by atoms with E-state index in [2.05, 4.69) is 26.0 Å². The van der Waals surface area contributed by atoms with Crippen LogP contribution in [0.15, 0.2) is 12.2 Å². The van der Waals surface area contributed by atoms with Crippen molar-refractivity contribution in [3.8, 4) is 0 Å². The minimum Gasteiger partial charge on any atom is -0.0882 e. The van der Waals surface area contributed by atoms with Gasteiger partial charge in [-0.05, 0) is 81.5 Å². The maximum absolute atomic E-state index is 2.40. The predicted molar refractivity (Wildman–Crippen MR) is 84.7 cm³/mol. The van der Waals surface area contributed by atoms with Crippen molar-refractivity contribution in [1.29, 1.82) is 0 Å². The molecule has 2 rings (SSSR count). The Kier molecular flexibility index (Phi) is 6.47. The smallest absolute Gasteiger partial charge is 0.00271 e. The zero-order chi connectivity index (χ0) is 13.5. The van der Waals surface area contributed by atoms with Gasteiger partial charge >= 0.3 is 0 Å². The largest absolute Gasteiger partial charge is 0.0882 e. The lowest BCUT2D eigenvalue weighted by Gasteiger charge is -2.36. The first-order chi connectivity index (χ1) is 9.33. The molecule has 0 heteroatoms. The molecule has 0 aromatic rings. The molecular formula is C19H32. The molecule has 0 aliphatic heterocycles. The highest BCUT2D eigenvalue weighted by molar-refractivity contribution is 5.14. The van der Waals surface area contributed by atoms with Gasteiger partial charge in [-0.25, -0.2) is 0 Å². The van der Waals surface area contributed by atoms with Crippen molar-refractivity contribution >= 4 is 0 Å². The zero-order valence-electron chi connectivity index (χ0n) is 13.1. The second-order valence-corrected chi connectivity index (χ2v) is 6.63. The van der Waals surface area contributed by atoms with E-state index in [0.717, 1.165) is 11.8 Å². The normalized spacial score (nSPS) is 25.4. The first-order valence-electron chi connectivity index (χ1n) is 8.69. The molecule has 0 aromatic heterocycles. The predicted octanol–water partition coefficient (Wildman–Crippen LogP) is 6.28. The van der Waals surface area contributed by atoms with Crippen molar-refractivity contribution in [3.05, 3.63) is 24.0 Å². The van der Waals surface area contributed by atoms with Gasteiger partial charge in [0, 0.05) is 0 Å². The summed E-state index contributed by atoms with van der Waals surface area (Å²) in [5.74, 6) is 5.66. The molecule has 108 valence electrons. The first-order valence-corrected chi connectivity index (χ1v) is 8.69. The molecule has 0 amide bonds. The molecule has 0 heterocycles. The summed E-state index contributed by atoms with van der Waals surface area (Å²) in [7, 11) is 0. The van der Waals surface area contributed by atoms with Crippen LogP contribution in [0.2, 0.25) is 0 Å². The summed E-state index contributed by atoms with van der Waals surface area (Å²) in [6.07, 6.45) is 20.3. The fraction of sp³-hybridized carbons (Fsp3) is 0.789. The van der Waals surface area contributed by atoms with Crippen molar-refractivity contribution in [3.63, 3.8) is 0 Å². The summed E-state index contributed by atoms with van der Waals surface area (Å²) < 4.78 is 0.